The van der Waals surface area contributed by atoms with Gasteiger partial charge >= 0.3 is 0 Å². The number of nitrogens with two attached hydrogens (primary N) is 1. The summed E-state index contributed by atoms with van der Waals surface area (Å²) in [5.41, 5.74) is 6.17. The third-order valence-electron chi connectivity index (χ3n) is 3.46. The van der Waals surface area contributed by atoms with Gasteiger partial charge in [-0.15, -0.1) is 0 Å². The molecular formula is C14H21ClN2O. The fraction of sp³-hybridized carbons (Fsp3) is 0.500. The average Bonchev–Trinajstić information content (AvgIpc) is 2.39. The Labute approximate surface area is 114 Å². The highest BCUT2D eigenvalue weighted by atomic mass is 35.5. The number of carbonyl (C=O) groups is 1. The van der Waals surface area contributed by atoms with Crippen LogP contribution in [0, 0.1) is 5.41 Å². The molecule has 0 aliphatic carbocycles. The molecule has 0 saturated heterocycles. The fourth-order valence-corrected chi connectivity index (χ4v) is 1.99. The maximum Gasteiger partial charge on any atom is 0.229 e. The van der Waals surface area contributed by atoms with Gasteiger partial charge in [0.2, 0.25) is 5.91 Å². The summed E-state index contributed by atoms with van der Waals surface area (Å²) >= 11 is 6.09. The van der Waals surface area contributed by atoms with Crippen LogP contribution in [0.1, 0.15) is 25.8 Å². The lowest BCUT2D eigenvalue weighted by atomic mass is 9.86. The van der Waals surface area contributed by atoms with E-state index in [0.717, 1.165) is 12.0 Å². The number of carbonyl (C=O) groups excluding carboxylic acids is 1. The Morgan fingerprint density at radius 1 is 1.44 bits per heavy atom. The molecule has 1 aromatic carbocycles. The molecule has 4 heteroatoms. The van der Waals surface area contributed by atoms with Crippen molar-refractivity contribution in [2.75, 3.05) is 13.6 Å². The summed E-state index contributed by atoms with van der Waals surface area (Å²) in [4.78, 5) is 14.0. The lowest BCUT2D eigenvalue weighted by Crippen LogP contribution is -2.44. The van der Waals surface area contributed by atoms with Crippen molar-refractivity contribution >= 4 is 17.5 Å². The third kappa shape index (κ3) is 3.24. The molecular weight excluding hydrogens is 248 g/mol. The highest BCUT2D eigenvalue weighted by Gasteiger charge is 2.32. The van der Waals surface area contributed by atoms with Crippen LogP contribution in [0.3, 0.4) is 0 Å². The van der Waals surface area contributed by atoms with E-state index in [4.69, 9.17) is 17.3 Å². The molecule has 2 N–H and O–H groups in total. The van der Waals surface area contributed by atoms with Gasteiger partial charge in [-0.3, -0.25) is 4.79 Å². The van der Waals surface area contributed by atoms with E-state index in [2.05, 4.69) is 0 Å². The SMILES string of the molecule is CCC(C)(CN)C(=O)N(C)Cc1ccccc1Cl. The van der Waals surface area contributed by atoms with E-state index < -0.39 is 5.41 Å². The molecule has 18 heavy (non-hydrogen) atoms. The van der Waals surface area contributed by atoms with Crippen LogP contribution >= 0.6 is 11.6 Å². The monoisotopic (exact) mass is 268 g/mol. The van der Waals surface area contributed by atoms with Crippen molar-refractivity contribution in [1.29, 1.82) is 0 Å². The molecule has 1 rings (SSSR count). The second-order valence-electron chi connectivity index (χ2n) is 4.87. The summed E-state index contributed by atoms with van der Waals surface area (Å²) < 4.78 is 0. The Kier molecular flexibility index (Phi) is 5.17. The van der Waals surface area contributed by atoms with Crippen molar-refractivity contribution in [3.8, 4) is 0 Å². The molecule has 0 heterocycles. The molecule has 0 aromatic heterocycles. The zero-order chi connectivity index (χ0) is 13.8. The topological polar surface area (TPSA) is 46.3 Å². The molecule has 0 radical (unpaired) electrons. The molecule has 100 valence electrons. The zero-order valence-electron chi connectivity index (χ0n) is 11.2. The first-order valence-corrected chi connectivity index (χ1v) is 6.51. The number of halogens is 1. The normalized spacial score (nSPS) is 14.1. The molecule has 0 bridgehead atoms. The van der Waals surface area contributed by atoms with Crippen molar-refractivity contribution in [1.82, 2.24) is 4.90 Å². The maximum atomic E-state index is 12.3. The van der Waals surface area contributed by atoms with Crippen LogP contribution in [-0.2, 0) is 11.3 Å². The van der Waals surface area contributed by atoms with E-state index in [0.29, 0.717) is 18.1 Å². The van der Waals surface area contributed by atoms with Gasteiger partial charge in [-0.05, 0) is 25.0 Å². The van der Waals surface area contributed by atoms with Crippen LogP contribution in [0.15, 0.2) is 24.3 Å². The van der Waals surface area contributed by atoms with Crippen LogP contribution in [0.25, 0.3) is 0 Å². The molecule has 1 unspecified atom stereocenters. The minimum Gasteiger partial charge on any atom is -0.341 e. The molecule has 0 fully saturated rings. The largest absolute Gasteiger partial charge is 0.341 e. The van der Waals surface area contributed by atoms with E-state index in [1.165, 1.54) is 0 Å². The Hall–Kier alpha value is -1.06. The highest BCUT2D eigenvalue weighted by Crippen LogP contribution is 2.24. The number of hydrogen-bond donors (Lipinski definition) is 1. The van der Waals surface area contributed by atoms with Crippen molar-refractivity contribution in [3.63, 3.8) is 0 Å². The minimum atomic E-state index is -0.490. The van der Waals surface area contributed by atoms with Gasteiger partial charge in [-0.25, -0.2) is 0 Å². The van der Waals surface area contributed by atoms with E-state index in [1.54, 1.807) is 11.9 Å². The van der Waals surface area contributed by atoms with E-state index in [-0.39, 0.29) is 5.91 Å². The predicted molar refractivity (Wildman–Crippen MR) is 75.4 cm³/mol. The van der Waals surface area contributed by atoms with E-state index in [1.807, 2.05) is 38.1 Å². The molecule has 1 atom stereocenters. The number of benzene rings is 1. The number of hydrogen-bond acceptors (Lipinski definition) is 2. The van der Waals surface area contributed by atoms with E-state index >= 15 is 0 Å². The van der Waals surface area contributed by atoms with Crippen molar-refractivity contribution in [2.45, 2.75) is 26.8 Å². The summed E-state index contributed by atoms with van der Waals surface area (Å²) in [7, 11) is 1.79. The summed E-state index contributed by atoms with van der Waals surface area (Å²) in [5, 5.41) is 0.683. The lowest BCUT2D eigenvalue weighted by Gasteiger charge is -2.30. The first-order valence-electron chi connectivity index (χ1n) is 6.13. The van der Waals surface area contributed by atoms with Gasteiger partial charge < -0.3 is 10.6 Å². The Morgan fingerprint density at radius 3 is 2.56 bits per heavy atom. The van der Waals surface area contributed by atoms with Crippen LogP contribution in [0.4, 0.5) is 0 Å². The molecule has 0 spiro atoms. The van der Waals surface area contributed by atoms with Crippen molar-refractivity contribution in [3.05, 3.63) is 34.9 Å². The maximum absolute atomic E-state index is 12.3. The number of nitrogens with zero attached hydrogens (tertiary/aromatic N) is 1. The molecule has 0 aliphatic rings. The van der Waals surface area contributed by atoms with Gasteiger partial charge in [-0.2, -0.15) is 0 Å². The lowest BCUT2D eigenvalue weighted by molar-refractivity contribution is -0.140. The van der Waals surface area contributed by atoms with Gasteiger partial charge in [-0.1, -0.05) is 36.7 Å². The summed E-state index contributed by atoms with van der Waals surface area (Å²) in [5.74, 6) is 0.0624. The van der Waals surface area contributed by atoms with Crippen LogP contribution in [0.5, 0.6) is 0 Å². The first-order chi connectivity index (χ1) is 8.44. The van der Waals surface area contributed by atoms with Crippen molar-refractivity contribution in [2.24, 2.45) is 11.1 Å². The fourth-order valence-electron chi connectivity index (χ4n) is 1.80. The summed E-state index contributed by atoms with van der Waals surface area (Å²) in [6, 6.07) is 7.56. The molecule has 1 amide bonds. The number of rotatable bonds is 5. The van der Waals surface area contributed by atoms with Gasteiger partial charge in [0.1, 0.15) is 0 Å². The smallest absolute Gasteiger partial charge is 0.229 e. The Bertz CT molecular complexity index is 416. The van der Waals surface area contributed by atoms with Crippen LogP contribution in [0.2, 0.25) is 5.02 Å². The van der Waals surface area contributed by atoms with Gasteiger partial charge in [0, 0.05) is 25.2 Å². The first kappa shape index (κ1) is 15.0. The van der Waals surface area contributed by atoms with Gasteiger partial charge in [0.25, 0.3) is 0 Å². The quantitative estimate of drug-likeness (QED) is 0.892. The molecule has 1 aromatic rings. The Morgan fingerprint density at radius 2 is 2.06 bits per heavy atom. The summed E-state index contributed by atoms with van der Waals surface area (Å²) in [6.45, 7) is 4.75. The highest BCUT2D eigenvalue weighted by molar-refractivity contribution is 6.31. The standard InChI is InChI=1S/C14H21ClN2O/c1-4-14(2,10-16)13(18)17(3)9-11-7-5-6-8-12(11)15/h5-8H,4,9-10,16H2,1-3H3. The van der Waals surface area contributed by atoms with E-state index in [9.17, 15) is 4.79 Å². The number of amides is 1. The molecule has 3 nitrogen and oxygen atoms in total. The molecule has 0 aliphatic heterocycles. The second-order valence-corrected chi connectivity index (χ2v) is 5.28. The van der Waals surface area contributed by atoms with Crippen LogP contribution < -0.4 is 5.73 Å². The minimum absolute atomic E-state index is 0.0624. The zero-order valence-corrected chi connectivity index (χ0v) is 12.0. The molecule has 0 saturated carbocycles. The average molecular weight is 269 g/mol. The van der Waals surface area contributed by atoms with Crippen LogP contribution in [-0.4, -0.2) is 24.4 Å². The predicted octanol–water partition coefficient (Wildman–Crippen LogP) is 2.67. The second kappa shape index (κ2) is 6.21. The van der Waals surface area contributed by atoms with Gasteiger partial charge in [0.15, 0.2) is 0 Å². The van der Waals surface area contributed by atoms with Crippen molar-refractivity contribution < 1.29 is 4.79 Å². The third-order valence-corrected chi connectivity index (χ3v) is 3.83. The Balaban J connectivity index is 2.80. The van der Waals surface area contributed by atoms with Gasteiger partial charge in [0.05, 0.1) is 5.41 Å². The summed E-state index contributed by atoms with van der Waals surface area (Å²) in [6.07, 6.45) is 0.731.